The number of halogens is 1. The van der Waals surface area contributed by atoms with Crippen LogP contribution in [-0.4, -0.2) is 42.4 Å². The number of fused-ring (bicyclic) bond motifs is 1. The Bertz CT molecular complexity index is 897. The third-order valence-electron chi connectivity index (χ3n) is 4.24. The molecule has 5 N–H and O–H groups in total. The summed E-state index contributed by atoms with van der Waals surface area (Å²) in [5, 5.41) is 29.0. The summed E-state index contributed by atoms with van der Waals surface area (Å²) in [6.45, 7) is -0.736. The Labute approximate surface area is 128 Å². The van der Waals surface area contributed by atoms with E-state index in [0.29, 0.717) is 0 Å². The smallest absolute Gasteiger partial charge is 0.280 e. The number of aromatic nitrogens is 4. The first-order valence-electron chi connectivity index (χ1n) is 6.71. The molecule has 0 aromatic carbocycles. The molecule has 2 aromatic rings. The van der Waals surface area contributed by atoms with E-state index in [1.807, 2.05) is 0 Å². The molecule has 1 fully saturated rings. The van der Waals surface area contributed by atoms with Crippen LogP contribution in [0.1, 0.15) is 12.5 Å². The van der Waals surface area contributed by atoms with E-state index < -0.39 is 29.7 Å². The molecule has 1 aliphatic carbocycles. The first-order chi connectivity index (χ1) is 11.0. The van der Waals surface area contributed by atoms with Gasteiger partial charge in [0.2, 0.25) is 5.95 Å². The highest BCUT2D eigenvalue weighted by molar-refractivity contribution is 5.71. The highest BCUT2D eigenvalue weighted by atomic mass is 19.1. The molecule has 9 nitrogen and oxygen atoms in total. The highest BCUT2D eigenvalue weighted by Gasteiger charge is 2.52. The fraction of sp³-hybridized carbons (Fsp3) is 0.385. The summed E-state index contributed by atoms with van der Waals surface area (Å²) in [6, 6.07) is 0.967. The molecule has 10 heteroatoms. The third kappa shape index (κ3) is 1.94. The number of H-pyrrole nitrogens is 1. The standard InChI is InChI=1S/C13H13FN6O3/c14-2-6-7(1-8(22)13(6,3-15)4-21)20-5-17-9-10(20)18-12(16)19-11(9)23/h2,5,7-8,21-22H,1,4H2,(H3,16,18,19,23)/b6-2+/t7-,8?,13-/m0/s1. The molecule has 0 bridgehead atoms. The zero-order valence-corrected chi connectivity index (χ0v) is 11.8. The number of nitriles is 1. The van der Waals surface area contributed by atoms with E-state index in [9.17, 15) is 24.7 Å². The molecule has 0 saturated heterocycles. The van der Waals surface area contributed by atoms with E-state index in [-0.39, 0.29) is 35.4 Å². The number of rotatable bonds is 2. The fourth-order valence-electron chi connectivity index (χ4n) is 3.01. The average molecular weight is 320 g/mol. The van der Waals surface area contributed by atoms with E-state index in [2.05, 4.69) is 15.0 Å². The lowest BCUT2D eigenvalue weighted by atomic mass is 9.83. The van der Waals surface area contributed by atoms with Gasteiger partial charge in [0, 0.05) is 12.0 Å². The van der Waals surface area contributed by atoms with Gasteiger partial charge in [-0.2, -0.15) is 10.2 Å². The summed E-state index contributed by atoms with van der Waals surface area (Å²) >= 11 is 0. The first kappa shape index (κ1) is 15.1. The predicted octanol–water partition coefficient (Wildman–Crippen LogP) is -0.637. The van der Waals surface area contributed by atoms with Crippen molar-refractivity contribution in [1.29, 1.82) is 5.26 Å². The maximum Gasteiger partial charge on any atom is 0.280 e. The van der Waals surface area contributed by atoms with Crippen molar-refractivity contribution in [1.82, 2.24) is 19.5 Å². The second-order valence-corrected chi connectivity index (χ2v) is 5.35. The summed E-state index contributed by atoms with van der Waals surface area (Å²) in [7, 11) is 0. The molecule has 1 saturated carbocycles. The molecule has 1 unspecified atom stereocenters. The van der Waals surface area contributed by atoms with Crippen molar-refractivity contribution in [3.8, 4) is 6.07 Å². The number of hydrogen-bond acceptors (Lipinski definition) is 7. The van der Waals surface area contributed by atoms with Gasteiger partial charge in [0.1, 0.15) is 5.41 Å². The van der Waals surface area contributed by atoms with Gasteiger partial charge in [-0.05, 0) is 0 Å². The topological polar surface area (TPSA) is 154 Å². The SMILES string of the molecule is N#C[C@]1(CO)/C(=C/F)[C@@H](n2cnc3c(=O)[nH]c(N)nc32)CC1O. The van der Waals surface area contributed by atoms with Crippen LogP contribution in [0.2, 0.25) is 0 Å². The zero-order valence-electron chi connectivity index (χ0n) is 11.8. The van der Waals surface area contributed by atoms with Gasteiger partial charge in [-0.1, -0.05) is 0 Å². The number of nitrogens with zero attached hydrogens (tertiary/aromatic N) is 4. The van der Waals surface area contributed by atoms with Gasteiger partial charge in [-0.3, -0.25) is 9.78 Å². The van der Waals surface area contributed by atoms with E-state index >= 15 is 0 Å². The van der Waals surface area contributed by atoms with Crippen molar-refractivity contribution in [2.24, 2.45) is 5.41 Å². The Balaban J connectivity index is 2.21. The molecule has 3 rings (SSSR count). The fourth-order valence-corrected chi connectivity index (χ4v) is 3.01. The first-order valence-corrected chi connectivity index (χ1v) is 6.71. The van der Waals surface area contributed by atoms with Crippen LogP contribution in [-0.2, 0) is 0 Å². The van der Waals surface area contributed by atoms with Gasteiger partial charge < -0.3 is 20.5 Å². The van der Waals surface area contributed by atoms with Gasteiger partial charge in [0.25, 0.3) is 5.56 Å². The van der Waals surface area contributed by atoms with Crippen LogP contribution in [0.25, 0.3) is 11.2 Å². The van der Waals surface area contributed by atoms with Crippen molar-refractivity contribution < 1.29 is 14.6 Å². The molecular formula is C13H13FN6O3. The molecular weight excluding hydrogens is 307 g/mol. The number of aliphatic hydroxyl groups is 2. The minimum absolute atomic E-state index is 0.00496. The van der Waals surface area contributed by atoms with Crippen molar-refractivity contribution >= 4 is 17.1 Å². The number of anilines is 1. The number of imidazole rings is 1. The largest absolute Gasteiger partial charge is 0.394 e. The maximum atomic E-state index is 13.5. The number of hydrogen-bond donors (Lipinski definition) is 4. The molecule has 0 spiro atoms. The van der Waals surface area contributed by atoms with Crippen LogP contribution in [0.4, 0.5) is 10.3 Å². The Morgan fingerprint density at radius 3 is 3.04 bits per heavy atom. The minimum Gasteiger partial charge on any atom is -0.394 e. The number of aliphatic hydroxyl groups excluding tert-OH is 2. The molecule has 2 aromatic heterocycles. The van der Waals surface area contributed by atoms with Crippen LogP contribution < -0.4 is 11.3 Å². The Kier molecular flexibility index (Phi) is 3.39. The number of aromatic amines is 1. The van der Waals surface area contributed by atoms with E-state index in [0.717, 1.165) is 0 Å². The van der Waals surface area contributed by atoms with Crippen molar-refractivity contribution in [2.75, 3.05) is 12.3 Å². The lowest BCUT2D eigenvalue weighted by Crippen LogP contribution is -2.33. The second kappa shape index (κ2) is 5.15. The molecule has 0 amide bonds. The van der Waals surface area contributed by atoms with Crippen LogP contribution in [0.15, 0.2) is 23.0 Å². The van der Waals surface area contributed by atoms with E-state index in [4.69, 9.17) is 5.73 Å². The highest BCUT2D eigenvalue weighted by Crippen LogP contribution is 2.49. The summed E-state index contributed by atoms with van der Waals surface area (Å²) in [4.78, 5) is 22.0. The van der Waals surface area contributed by atoms with Crippen molar-refractivity contribution in [3.63, 3.8) is 0 Å². The van der Waals surface area contributed by atoms with Crippen molar-refractivity contribution in [2.45, 2.75) is 18.6 Å². The van der Waals surface area contributed by atoms with Crippen LogP contribution in [0, 0.1) is 16.7 Å². The molecule has 3 atom stereocenters. The van der Waals surface area contributed by atoms with Gasteiger partial charge in [-0.15, -0.1) is 0 Å². The van der Waals surface area contributed by atoms with Gasteiger partial charge in [-0.25, -0.2) is 9.37 Å². The lowest BCUT2D eigenvalue weighted by molar-refractivity contribution is 0.0616. The van der Waals surface area contributed by atoms with Crippen LogP contribution in [0.5, 0.6) is 0 Å². The maximum absolute atomic E-state index is 13.5. The molecule has 120 valence electrons. The molecule has 1 aliphatic rings. The number of nitrogens with two attached hydrogens (primary N) is 1. The summed E-state index contributed by atoms with van der Waals surface area (Å²) in [5.41, 5.74) is 3.22. The van der Waals surface area contributed by atoms with Gasteiger partial charge in [0.05, 0.1) is 37.5 Å². The predicted molar refractivity (Wildman–Crippen MR) is 76.5 cm³/mol. The van der Waals surface area contributed by atoms with Crippen LogP contribution in [0.3, 0.4) is 0 Å². The third-order valence-corrected chi connectivity index (χ3v) is 4.24. The van der Waals surface area contributed by atoms with Gasteiger partial charge in [0.15, 0.2) is 11.2 Å². The molecule has 0 aliphatic heterocycles. The monoisotopic (exact) mass is 320 g/mol. The summed E-state index contributed by atoms with van der Waals surface area (Å²) in [5.74, 6) is -0.137. The summed E-state index contributed by atoms with van der Waals surface area (Å²) in [6.07, 6.45) is 0.145. The quantitative estimate of drug-likeness (QED) is 0.574. The Morgan fingerprint density at radius 1 is 1.70 bits per heavy atom. The molecule has 2 heterocycles. The normalized spacial score (nSPS) is 29.2. The number of nitrogen functional groups attached to an aromatic ring is 1. The average Bonchev–Trinajstić information content (AvgIpc) is 3.05. The Hall–Kier alpha value is -2.77. The lowest BCUT2D eigenvalue weighted by Gasteiger charge is -2.24. The zero-order chi connectivity index (χ0) is 16.8. The van der Waals surface area contributed by atoms with Crippen molar-refractivity contribution in [3.05, 3.63) is 28.6 Å². The van der Waals surface area contributed by atoms with Crippen LogP contribution >= 0.6 is 0 Å². The molecule has 0 radical (unpaired) electrons. The second-order valence-electron chi connectivity index (χ2n) is 5.35. The van der Waals surface area contributed by atoms with E-state index in [1.54, 1.807) is 6.07 Å². The minimum atomic E-state index is -1.75. The van der Waals surface area contributed by atoms with E-state index in [1.165, 1.54) is 10.9 Å². The number of nitrogens with one attached hydrogen (secondary N) is 1. The Morgan fingerprint density at radius 2 is 2.43 bits per heavy atom. The molecule has 23 heavy (non-hydrogen) atoms. The summed E-state index contributed by atoms with van der Waals surface area (Å²) < 4.78 is 14.8. The van der Waals surface area contributed by atoms with Gasteiger partial charge >= 0.3 is 0 Å².